The van der Waals surface area contributed by atoms with Gasteiger partial charge in [0.2, 0.25) is 0 Å². The van der Waals surface area contributed by atoms with Crippen molar-refractivity contribution < 1.29 is 14.6 Å². The number of aliphatic imine (C=N–C) groups is 1. The number of esters is 1. The molecule has 0 radical (unpaired) electrons. The van der Waals surface area contributed by atoms with Crippen molar-refractivity contribution in [2.75, 3.05) is 7.11 Å². The second-order valence-electron chi connectivity index (χ2n) is 7.15. The number of benzene rings is 2. The number of fused-ring (bicyclic) bond motifs is 1. The normalized spacial score (nSPS) is 22.2. The Morgan fingerprint density at radius 2 is 1.83 bits per heavy atom. The van der Waals surface area contributed by atoms with Crippen LogP contribution in [0.25, 0.3) is 6.08 Å². The lowest BCUT2D eigenvalue weighted by Crippen LogP contribution is -2.41. The molecule has 0 bridgehead atoms. The van der Waals surface area contributed by atoms with Crippen LogP contribution in [0.4, 0.5) is 0 Å². The summed E-state index contributed by atoms with van der Waals surface area (Å²) < 4.78 is 5.13. The molecule has 0 amide bonds. The van der Waals surface area contributed by atoms with Crippen LogP contribution < -0.4 is 0 Å². The molecule has 0 aromatic heterocycles. The number of hydrogen-bond donors (Lipinski definition) is 1. The van der Waals surface area contributed by atoms with E-state index in [0.717, 1.165) is 28.1 Å². The predicted octanol–water partition coefficient (Wildman–Crippen LogP) is 4.73. The summed E-state index contributed by atoms with van der Waals surface area (Å²) in [6.07, 6.45) is 2.59. The molecular weight excluding hydrogens is 396 g/mol. The number of rotatable bonds is 5. The van der Waals surface area contributed by atoms with Crippen LogP contribution >= 0.6 is 11.8 Å². The maximum atomic E-state index is 12.8. The van der Waals surface area contributed by atoms with Gasteiger partial charge in [0.1, 0.15) is 0 Å². The molecule has 2 aromatic rings. The summed E-state index contributed by atoms with van der Waals surface area (Å²) in [4.78, 5) is 20.2. The van der Waals surface area contributed by atoms with Crippen LogP contribution in [-0.2, 0) is 9.53 Å². The van der Waals surface area contributed by atoms with Crippen LogP contribution in [0.1, 0.15) is 36.9 Å². The number of ether oxygens (including phenoxy) is 1. The van der Waals surface area contributed by atoms with E-state index in [-0.39, 0.29) is 0 Å². The third-order valence-electron chi connectivity index (χ3n) is 5.16. The lowest BCUT2D eigenvalue weighted by atomic mass is 9.93. The summed E-state index contributed by atoms with van der Waals surface area (Å²) in [5.41, 5.74) is 3.14. The molecule has 1 saturated heterocycles. The number of thioether (sulfide) groups is 1. The van der Waals surface area contributed by atoms with Crippen LogP contribution in [0.2, 0.25) is 0 Å². The van der Waals surface area contributed by atoms with Gasteiger partial charge in [0, 0.05) is 4.91 Å². The summed E-state index contributed by atoms with van der Waals surface area (Å²) in [6, 6.07) is 19.2. The average Bonchev–Trinajstić information content (AvgIpc) is 3.08. The van der Waals surface area contributed by atoms with Crippen molar-refractivity contribution in [3.8, 4) is 0 Å². The molecule has 2 aromatic carbocycles. The Morgan fingerprint density at radius 3 is 2.47 bits per heavy atom. The molecule has 30 heavy (non-hydrogen) atoms. The lowest BCUT2D eigenvalue weighted by molar-refractivity contribution is -0.137. The maximum Gasteiger partial charge on any atom is 0.338 e. The van der Waals surface area contributed by atoms with Gasteiger partial charge in [0.05, 0.1) is 24.4 Å². The number of aliphatic hydroxyl groups is 1. The first kappa shape index (κ1) is 20.4. The molecule has 6 heteroatoms. The summed E-state index contributed by atoms with van der Waals surface area (Å²) in [7, 11) is 1.38. The van der Waals surface area contributed by atoms with Gasteiger partial charge in [-0.25, -0.2) is 9.79 Å². The van der Waals surface area contributed by atoms with Crippen LogP contribution in [0, 0.1) is 0 Å². The minimum atomic E-state index is -0.901. The minimum Gasteiger partial charge on any atom is -0.466 e. The highest BCUT2D eigenvalue weighted by Crippen LogP contribution is 2.47. The second-order valence-corrected chi connectivity index (χ2v) is 8.19. The molecule has 2 aliphatic rings. The zero-order valence-electron chi connectivity index (χ0n) is 17.0. The molecule has 1 fully saturated rings. The fourth-order valence-corrected chi connectivity index (χ4v) is 4.90. The largest absolute Gasteiger partial charge is 0.466 e. The highest BCUT2D eigenvalue weighted by molar-refractivity contribution is 8.17. The first-order valence-corrected chi connectivity index (χ1v) is 10.8. The number of methoxy groups -OCH3 is 1. The van der Waals surface area contributed by atoms with Crippen LogP contribution in [0.5, 0.6) is 0 Å². The van der Waals surface area contributed by atoms with Crippen molar-refractivity contribution in [3.05, 3.63) is 88.0 Å². The van der Waals surface area contributed by atoms with Crippen molar-refractivity contribution in [1.29, 1.82) is 0 Å². The topological polar surface area (TPSA) is 62.1 Å². The standard InChI is InChI=1S/C24H24N2O3S/c1-3-10-18-20(23(28)29-2)21(17-13-8-5-9-14-17)26-22(27)19(30-24(26)25-18)15-16-11-6-4-7-12-16/h4-9,11-15,21-22,27H,3,10H2,1-2H3/b19-15+. The van der Waals surface area contributed by atoms with Gasteiger partial charge in [-0.05, 0) is 23.6 Å². The molecule has 2 heterocycles. The monoisotopic (exact) mass is 420 g/mol. The maximum absolute atomic E-state index is 12.8. The third-order valence-corrected chi connectivity index (χ3v) is 6.21. The van der Waals surface area contributed by atoms with Gasteiger partial charge >= 0.3 is 5.97 Å². The van der Waals surface area contributed by atoms with Gasteiger partial charge in [0.15, 0.2) is 11.4 Å². The van der Waals surface area contributed by atoms with E-state index >= 15 is 0 Å². The molecule has 2 unspecified atom stereocenters. The fraction of sp³-hybridized carbons (Fsp3) is 0.250. The van der Waals surface area contributed by atoms with Gasteiger partial charge < -0.3 is 14.7 Å². The average molecular weight is 421 g/mol. The molecule has 5 nitrogen and oxygen atoms in total. The Hall–Kier alpha value is -2.83. The highest BCUT2D eigenvalue weighted by Gasteiger charge is 2.45. The number of hydrogen-bond acceptors (Lipinski definition) is 6. The van der Waals surface area contributed by atoms with Crippen LogP contribution in [-0.4, -0.2) is 34.5 Å². The fourth-order valence-electron chi connectivity index (χ4n) is 3.80. The molecule has 1 N–H and O–H groups in total. The molecule has 0 spiro atoms. The molecule has 154 valence electrons. The highest BCUT2D eigenvalue weighted by atomic mass is 32.2. The number of allylic oxidation sites excluding steroid dienone is 1. The molecule has 4 rings (SSSR count). The van der Waals surface area contributed by atoms with Crippen molar-refractivity contribution in [2.24, 2.45) is 4.99 Å². The van der Waals surface area contributed by atoms with Gasteiger partial charge in [-0.3, -0.25) is 0 Å². The van der Waals surface area contributed by atoms with Crippen molar-refractivity contribution >= 4 is 29.0 Å². The Morgan fingerprint density at radius 1 is 1.17 bits per heavy atom. The van der Waals surface area contributed by atoms with Gasteiger partial charge in [-0.15, -0.1) is 0 Å². The Kier molecular flexibility index (Phi) is 6.06. The first-order valence-electron chi connectivity index (χ1n) is 10.00. The molecule has 0 saturated carbocycles. The Labute approximate surface area is 180 Å². The van der Waals surface area contributed by atoms with E-state index < -0.39 is 18.2 Å². The van der Waals surface area contributed by atoms with Gasteiger partial charge in [-0.1, -0.05) is 85.8 Å². The summed E-state index contributed by atoms with van der Waals surface area (Å²) >= 11 is 1.45. The molecule has 2 aliphatic heterocycles. The number of nitrogens with zero attached hydrogens (tertiary/aromatic N) is 2. The Balaban J connectivity index is 1.83. The Bertz CT molecular complexity index is 1020. The van der Waals surface area contributed by atoms with E-state index in [1.54, 1.807) is 0 Å². The van der Waals surface area contributed by atoms with E-state index in [2.05, 4.69) is 6.92 Å². The number of amidine groups is 1. The zero-order chi connectivity index (χ0) is 21.1. The summed E-state index contributed by atoms with van der Waals surface area (Å²) in [6.45, 7) is 2.06. The quantitative estimate of drug-likeness (QED) is 0.709. The summed E-state index contributed by atoms with van der Waals surface area (Å²) in [5, 5.41) is 12.0. The smallest absolute Gasteiger partial charge is 0.338 e. The van der Waals surface area contributed by atoms with E-state index in [1.165, 1.54) is 18.9 Å². The zero-order valence-corrected chi connectivity index (χ0v) is 17.8. The number of carbonyl (C=O) groups excluding carboxylic acids is 1. The van der Waals surface area contributed by atoms with Crippen molar-refractivity contribution in [3.63, 3.8) is 0 Å². The van der Waals surface area contributed by atoms with Crippen molar-refractivity contribution in [1.82, 2.24) is 4.90 Å². The minimum absolute atomic E-state index is 0.409. The molecular formula is C24H24N2O3S. The number of carbonyl (C=O) groups is 1. The van der Waals surface area contributed by atoms with E-state index in [4.69, 9.17) is 9.73 Å². The van der Waals surface area contributed by atoms with E-state index in [9.17, 15) is 9.90 Å². The first-order chi connectivity index (χ1) is 14.6. The molecule has 0 aliphatic carbocycles. The lowest BCUT2D eigenvalue weighted by Gasteiger charge is -2.36. The van der Waals surface area contributed by atoms with Crippen LogP contribution in [0.15, 0.2) is 81.8 Å². The van der Waals surface area contributed by atoms with E-state index in [1.807, 2.05) is 71.6 Å². The van der Waals surface area contributed by atoms with Crippen LogP contribution in [0.3, 0.4) is 0 Å². The third kappa shape index (κ3) is 3.80. The SMILES string of the molecule is CCCC1=C(C(=O)OC)C(c2ccccc2)N2C(=N1)S/C(=C/c1ccccc1)C2O. The van der Waals surface area contributed by atoms with E-state index in [0.29, 0.717) is 17.2 Å². The number of aliphatic hydroxyl groups excluding tert-OH is 1. The van der Waals surface area contributed by atoms with Crippen molar-refractivity contribution in [2.45, 2.75) is 32.0 Å². The van der Waals surface area contributed by atoms with Gasteiger partial charge in [0.25, 0.3) is 0 Å². The predicted molar refractivity (Wildman–Crippen MR) is 120 cm³/mol. The van der Waals surface area contributed by atoms with Gasteiger partial charge in [-0.2, -0.15) is 0 Å². The summed E-state index contributed by atoms with van der Waals surface area (Å²) in [5.74, 6) is -0.409. The molecule has 2 atom stereocenters. The second kappa shape index (κ2) is 8.90.